The predicted octanol–water partition coefficient (Wildman–Crippen LogP) is 0.822. The van der Waals surface area contributed by atoms with Crippen LogP contribution in [-0.4, -0.2) is 39.4 Å². The van der Waals surface area contributed by atoms with Crippen LogP contribution in [0.2, 0.25) is 0 Å². The molecule has 0 amide bonds. The van der Waals surface area contributed by atoms with E-state index < -0.39 is 17.5 Å². The topological polar surface area (TPSA) is 121 Å². The number of aliphatic hydroxyl groups is 1. The molecule has 0 rings (SSSR count). The lowest BCUT2D eigenvalue weighted by atomic mass is 9.98. The van der Waals surface area contributed by atoms with Gasteiger partial charge in [-0.3, -0.25) is 9.59 Å². The van der Waals surface area contributed by atoms with Gasteiger partial charge in [0, 0.05) is 19.4 Å². The second kappa shape index (κ2) is 10.0. The summed E-state index contributed by atoms with van der Waals surface area (Å²) in [5, 5.41) is 25.4. The van der Waals surface area contributed by atoms with Crippen molar-refractivity contribution in [3.05, 3.63) is 0 Å². The number of rotatable bonds is 7. The Morgan fingerprint density at radius 1 is 1.06 bits per heavy atom. The molecule has 0 aliphatic heterocycles. The van der Waals surface area contributed by atoms with Crippen LogP contribution in [0.1, 0.15) is 46.0 Å². The fourth-order valence-electron chi connectivity index (χ4n) is 0.930. The Bertz CT molecular complexity index is 204. The Hall–Kier alpha value is -1.14. The van der Waals surface area contributed by atoms with E-state index in [1.807, 2.05) is 13.8 Å². The first-order valence-corrected chi connectivity index (χ1v) is 5.67. The molecule has 0 aliphatic rings. The molecule has 0 unspecified atom stereocenters. The van der Waals surface area contributed by atoms with Crippen molar-refractivity contribution in [2.45, 2.75) is 51.6 Å². The monoisotopic (exact) mass is 249 g/mol. The summed E-state index contributed by atoms with van der Waals surface area (Å²) in [6, 6.07) is 0. The van der Waals surface area contributed by atoms with Gasteiger partial charge in [0.1, 0.15) is 0 Å². The molecule has 102 valence electrons. The molecular weight excluding hydrogens is 226 g/mol. The molecule has 0 spiro atoms. The minimum absolute atomic E-state index is 0.0632. The van der Waals surface area contributed by atoms with E-state index in [2.05, 4.69) is 0 Å². The summed E-state index contributed by atoms with van der Waals surface area (Å²) in [6.07, 6.45) is 1.59. The molecule has 0 fully saturated rings. The highest BCUT2D eigenvalue weighted by Crippen LogP contribution is 2.10. The molecule has 5 N–H and O–H groups in total. The molecule has 0 aromatic carbocycles. The lowest BCUT2D eigenvalue weighted by Gasteiger charge is -2.21. The van der Waals surface area contributed by atoms with Crippen LogP contribution in [0.25, 0.3) is 0 Å². The standard InChI is InChI=1S/C6H15NO.C5H8O4/c1-3-6(8,4-2)5-7;6-4(7)2-1-3-5(8)9/h8H,3-5,7H2,1-2H3;1-3H2,(H,6,7)(H,8,9). The Labute approximate surface area is 101 Å². The van der Waals surface area contributed by atoms with Crippen LogP contribution in [0.15, 0.2) is 0 Å². The highest BCUT2D eigenvalue weighted by Gasteiger charge is 2.18. The molecule has 0 heterocycles. The van der Waals surface area contributed by atoms with E-state index in [-0.39, 0.29) is 19.3 Å². The van der Waals surface area contributed by atoms with Crippen molar-refractivity contribution in [1.29, 1.82) is 0 Å². The van der Waals surface area contributed by atoms with Gasteiger partial charge in [-0.2, -0.15) is 0 Å². The SMILES string of the molecule is CCC(O)(CC)CN.O=C(O)CCCC(=O)O. The van der Waals surface area contributed by atoms with Crippen molar-refractivity contribution in [1.82, 2.24) is 0 Å². The van der Waals surface area contributed by atoms with Gasteiger partial charge < -0.3 is 21.1 Å². The third-order valence-electron chi connectivity index (χ3n) is 2.48. The molecule has 6 nitrogen and oxygen atoms in total. The first-order chi connectivity index (χ1) is 7.81. The molecule has 17 heavy (non-hydrogen) atoms. The Morgan fingerprint density at radius 3 is 1.53 bits per heavy atom. The lowest BCUT2D eigenvalue weighted by Crippen LogP contribution is -2.35. The fourth-order valence-corrected chi connectivity index (χ4v) is 0.930. The number of carboxylic acid groups (broad SMARTS) is 2. The largest absolute Gasteiger partial charge is 0.481 e. The molecule has 0 radical (unpaired) electrons. The molecule has 0 saturated heterocycles. The molecule has 0 aromatic heterocycles. The van der Waals surface area contributed by atoms with Crippen molar-refractivity contribution < 1.29 is 24.9 Å². The number of carbonyl (C=O) groups is 2. The minimum Gasteiger partial charge on any atom is -0.481 e. The summed E-state index contributed by atoms with van der Waals surface area (Å²) in [4.78, 5) is 19.6. The molecule has 0 saturated carbocycles. The van der Waals surface area contributed by atoms with Crippen LogP contribution in [-0.2, 0) is 9.59 Å². The average Bonchev–Trinajstić information content (AvgIpc) is 2.28. The second-order valence-corrected chi connectivity index (χ2v) is 3.78. The Kier molecular flexibility index (Phi) is 10.8. The quantitative estimate of drug-likeness (QED) is 0.530. The summed E-state index contributed by atoms with van der Waals surface area (Å²) in [5.74, 6) is -1.90. The van der Waals surface area contributed by atoms with Gasteiger partial charge in [-0.05, 0) is 19.3 Å². The summed E-state index contributed by atoms with van der Waals surface area (Å²) in [6.45, 7) is 4.26. The molecule has 6 heteroatoms. The van der Waals surface area contributed by atoms with Gasteiger partial charge in [0.05, 0.1) is 5.60 Å². The van der Waals surface area contributed by atoms with E-state index in [0.29, 0.717) is 6.54 Å². The van der Waals surface area contributed by atoms with Crippen LogP contribution in [0.3, 0.4) is 0 Å². The smallest absolute Gasteiger partial charge is 0.303 e. The molecule has 0 aliphatic carbocycles. The number of aliphatic carboxylic acids is 2. The minimum atomic E-state index is -0.948. The normalized spacial score (nSPS) is 10.4. The molecule has 0 atom stereocenters. The average molecular weight is 249 g/mol. The summed E-state index contributed by atoms with van der Waals surface area (Å²) in [7, 11) is 0. The summed E-state index contributed by atoms with van der Waals surface area (Å²) < 4.78 is 0. The number of carboxylic acids is 2. The van der Waals surface area contributed by atoms with Gasteiger partial charge in [-0.15, -0.1) is 0 Å². The number of nitrogens with two attached hydrogens (primary N) is 1. The maximum atomic E-state index is 9.79. The van der Waals surface area contributed by atoms with Crippen LogP contribution < -0.4 is 5.73 Å². The zero-order valence-electron chi connectivity index (χ0n) is 10.5. The number of hydrogen-bond donors (Lipinski definition) is 4. The summed E-state index contributed by atoms with van der Waals surface area (Å²) in [5.41, 5.74) is 4.68. The molecule has 0 bridgehead atoms. The third kappa shape index (κ3) is 12.8. The van der Waals surface area contributed by atoms with Gasteiger partial charge in [-0.1, -0.05) is 13.8 Å². The van der Waals surface area contributed by atoms with Crippen molar-refractivity contribution in [2.75, 3.05) is 6.54 Å². The van der Waals surface area contributed by atoms with Gasteiger partial charge in [0.2, 0.25) is 0 Å². The third-order valence-corrected chi connectivity index (χ3v) is 2.48. The van der Waals surface area contributed by atoms with E-state index in [1.165, 1.54) is 0 Å². The van der Waals surface area contributed by atoms with Crippen LogP contribution in [0.5, 0.6) is 0 Å². The van der Waals surface area contributed by atoms with Crippen molar-refractivity contribution in [3.63, 3.8) is 0 Å². The van der Waals surface area contributed by atoms with Crippen molar-refractivity contribution in [3.8, 4) is 0 Å². The van der Waals surface area contributed by atoms with E-state index >= 15 is 0 Å². The van der Waals surface area contributed by atoms with Gasteiger partial charge in [0.15, 0.2) is 0 Å². The highest BCUT2D eigenvalue weighted by atomic mass is 16.4. The Morgan fingerprint density at radius 2 is 1.41 bits per heavy atom. The van der Waals surface area contributed by atoms with E-state index in [9.17, 15) is 14.7 Å². The number of hydrogen-bond acceptors (Lipinski definition) is 4. The van der Waals surface area contributed by atoms with E-state index in [1.54, 1.807) is 0 Å². The highest BCUT2D eigenvalue weighted by molar-refractivity contribution is 5.69. The van der Waals surface area contributed by atoms with E-state index in [0.717, 1.165) is 12.8 Å². The fraction of sp³-hybridized carbons (Fsp3) is 0.818. The first-order valence-electron chi connectivity index (χ1n) is 5.67. The van der Waals surface area contributed by atoms with Gasteiger partial charge >= 0.3 is 11.9 Å². The van der Waals surface area contributed by atoms with Crippen LogP contribution >= 0.6 is 0 Å². The van der Waals surface area contributed by atoms with Gasteiger partial charge in [0.25, 0.3) is 0 Å². The maximum Gasteiger partial charge on any atom is 0.303 e. The predicted molar refractivity (Wildman–Crippen MR) is 63.7 cm³/mol. The summed E-state index contributed by atoms with van der Waals surface area (Å²) >= 11 is 0. The Balaban J connectivity index is 0. The zero-order valence-corrected chi connectivity index (χ0v) is 10.5. The maximum absolute atomic E-state index is 9.79. The van der Waals surface area contributed by atoms with E-state index in [4.69, 9.17) is 15.9 Å². The zero-order chi connectivity index (χ0) is 13.9. The van der Waals surface area contributed by atoms with Crippen LogP contribution in [0.4, 0.5) is 0 Å². The second-order valence-electron chi connectivity index (χ2n) is 3.78. The molecule has 0 aromatic rings. The van der Waals surface area contributed by atoms with Gasteiger partial charge in [-0.25, -0.2) is 0 Å². The lowest BCUT2D eigenvalue weighted by molar-refractivity contribution is -0.138. The van der Waals surface area contributed by atoms with Crippen LogP contribution in [0, 0.1) is 0 Å². The van der Waals surface area contributed by atoms with Crippen molar-refractivity contribution >= 4 is 11.9 Å². The first kappa shape index (κ1) is 18.2. The molecular formula is C11H23NO5. The van der Waals surface area contributed by atoms with Crippen molar-refractivity contribution in [2.24, 2.45) is 5.73 Å².